The summed E-state index contributed by atoms with van der Waals surface area (Å²) in [5.41, 5.74) is 5.35. The van der Waals surface area contributed by atoms with E-state index in [9.17, 15) is 14.0 Å². The second kappa shape index (κ2) is 9.22. The van der Waals surface area contributed by atoms with Gasteiger partial charge in [-0.25, -0.2) is 4.39 Å². The predicted octanol–water partition coefficient (Wildman–Crippen LogP) is 4.32. The molecule has 1 fully saturated rings. The minimum absolute atomic E-state index is 0.174. The fraction of sp³-hybridized carbons (Fsp3) is 0.360. The van der Waals surface area contributed by atoms with E-state index in [2.05, 4.69) is 39.4 Å². The molecule has 0 radical (unpaired) electrons. The van der Waals surface area contributed by atoms with Gasteiger partial charge >= 0.3 is 0 Å². The highest BCUT2D eigenvalue weighted by Gasteiger charge is 2.39. The summed E-state index contributed by atoms with van der Waals surface area (Å²) in [6.07, 6.45) is 3.83. The number of fused-ring (bicyclic) bond motifs is 1. The molecule has 0 saturated carbocycles. The zero-order valence-corrected chi connectivity index (χ0v) is 19.7. The zero-order valence-electron chi connectivity index (χ0n) is 18.1. The second-order valence-corrected chi connectivity index (χ2v) is 9.73. The molecule has 0 aliphatic carbocycles. The molecule has 0 spiro atoms. The van der Waals surface area contributed by atoms with Gasteiger partial charge in [-0.15, -0.1) is 0 Å². The van der Waals surface area contributed by atoms with E-state index >= 15 is 0 Å². The third kappa shape index (κ3) is 4.47. The van der Waals surface area contributed by atoms with Crippen molar-refractivity contribution in [2.75, 3.05) is 13.1 Å². The van der Waals surface area contributed by atoms with Gasteiger partial charge in [0.25, 0.3) is 0 Å². The Balaban J connectivity index is 1.26. The van der Waals surface area contributed by atoms with Crippen LogP contribution in [0.25, 0.3) is 5.57 Å². The lowest BCUT2D eigenvalue weighted by Crippen LogP contribution is -2.51. The molecule has 33 heavy (non-hydrogen) atoms. The summed E-state index contributed by atoms with van der Waals surface area (Å²) < 4.78 is 13.8. The summed E-state index contributed by atoms with van der Waals surface area (Å²) in [7, 11) is 0. The normalized spacial score (nSPS) is 23.9. The molecule has 5 rings (SSSR count). The largest absolute Gasteiger partial charge is 0.295 e. The number of nitrogens with zero attached hydrogens (tertiary/aromatic N) is 2. The highest BCUT2D eigenvalue weighted by atomic mass is 35.5. The van der Waals surface area contributed by atoms with Crippen LogP contribution in [0.15, 0.2) is 42.5 Å². The molecule has 2 aromatic carbocycles. The average Bonchev–Trinajstić information content (AvgIpc) is 3.12. The van der Waals surface area contributed by atoms with Gasteiger partial charge in [-0.1, -0.05) is 48.0 Å². The summed E-state index contributed by atoms with van der Waals surface area (Å²) in [4.78, 5) is 28.2. The first kappa shape index (κ1) is 22.6. The summed E-state index contributed by atoms with van der Waals surface area (Å²) >= 11 is 11.0. The Kier molecular flexibility index (Phi) is 6.31. The fourth-order valence-electron chi connectivity index (χ4n) is 4.98. The summed E-state index contributed by atoms with van der Waals surface area (Å²) in [5.74, 6) is -0.819. The highest BCUT2D eigenvalue weighted by Crippen LogP contribution is 2.40. The van der Waals surface area contributed by atoms with E-state index < -0.39 is 0 Å². The smallest absolute Gasteiger partial charge is 0.243 e. The Morgan fingerprint density at radius 2 is 2.03 bits per heavy atom. The summed E-state index contributed by atoms with van der Waals surface area (Å²) in [5, 5.41) is 2.46. The first-order valence-electron chi connectivity index (χ1n) is 11.2. The van der Waals surface area contributed by atoms with Crippen LogP contribution in [-0.4, -0.2) is 40.7 Å². The molecular formula is C25H25ClFN3O2S. The Labute approximate surface area is 203 Å². The lowest BCUT2D eigenvalue weighted by atomic mass is 9.98. The number of halogens is 2. The first-order valence-corrected chi connectivity index (χ1v) is 12.0. The van der Waals surface area contributed by atoms with Crippen molar-refractivity contribution in [2.45, 2.75) is 43.8 Å². The number of carbonyl (C=O) groups excluding carboxylic acids is 2. The molecule has 172 valence electrons. The highest BCUT2D eigenvalue weighted by molar-refractivity contribution is 7.80. The summed E-state index contributed by atoms with van der Waals surface area (Å²) in [6, 6.07) is 11.1. The lowest BCUT2D eigenvalue weighted by Gasteiger charge is -2.32. The Morgan fingerprint density at radius 1 is 1.18 bits per heavy atom. The van der Waals surface area contributed by atoms with E-state index in [0.29, 0.717) is 19.4 Å². The van der Waals surface area contributed by atoms with Crippen LogP contribution in [0.3, 0.4) is 0 Å². The molecule has 8 heteroatoms. The Morgan fingerprint density at radius 3 is 2.79 bits per heavy atom. The molecule has 3 aliphatic heterocycles. The van der Waals surface area contributed by atoms with E-state index in [1.165, 1.54) is 17.2 Å². The van der Waals surface area contributed by atoms with Crippen LogP contribution in [-0.2, 0) is 22.7 Å². The van der Waals surface area contributed by atoms with Gasteiger partial charge in [-0.3, -0.25) is 24.7 Å². The van der Waals surface area contributed by atoms with Crippen LogP contribution in [0.2, 0.25) is 5.02 Å². The first-order chi connectivity index (χ1) is 15.9. The van der Waals surface area contributed by atoms with E-state index in [4.69, 9.17) is 24.2 Å². The van der Waals surface area contributed by atoms with Crippen molar-refractivity contribution in [3.8, 4) is 0 Å². The van der Waals surface area contributed by atoms with E-state index in [0.717, 1.165) is 42.8 Å². The number of imide groups is 1. The molecule has 3 aliphatic rings. The molecule has 3 heterocycles. The van der Waals surface area contributed by atoms with E-state index in [1.807, 2.05) is 6.07 Å². The topological polar surface area (TPSA) is 52.7 Å². The minimum atomic E-state index is -0.386. The quantitative estimate of drug-likeness (QED) is 0.500. The van der Waals surface area contributed by atoms with Gasteiger partial charge in [0.05, 0.1) is 16.4 Å². The second-order valence-electron chi connectivity index (χ2n) is 8.86. The number of piperidine rings is 1. The van der Waals surface area contributed by atoms with Gasteiger partial charge in [0.1, 0.15) is 5.82 Å². The van der Waals surface area contributed by atoms with Crippen LogP contribution in [0.1, 0.15) is 46.9 Å². The molecule has 5 nitrogen and oxygen atoms in total. The number of thiol groups is 1. The molecule has 2 aromatic rings. The van der Waals surface area contributed by atoms with Gasteiger partial charge in [-0.2, -0.15) is 12.6 Å². The number of hydrogen-bond donors (Lipinski definition) is 2. The van der Waals surface area contributed by atoms with Gasteiger partial charge in [0, 0.05) is 32.6 Å². The molecular weight excluding hydrogens is 461 g/mol. The van der Waals surface area contributed by atoms with Crippen molar-refractivity contribution in [3.05, 3.63) is 75.6 Å². The molecule has 0 aromatic heterocycles. The minimum Gasteiger partial charge on any atom is -0.295 e. The Bertz CT molecular complexity index is 1150. The number of carbonyl (C=O) groups is 2. The molecule has 1 N–H and O–H groups in total. The third-order valence-corrected chi connectivity index (χ3v) is 7.72. The third-order valence-electron chi connectivity index (χ3n) is 6.76. The summed E-state index contributed by atoms with van der Waals surface area (Å²) in [6.45, 7) is 3.08. The van der Waals surface area contributed by atoms with Gasteiger partial charge < -0.3 is 0 Å². The van der Waals surface area contributed by atoms with Crippen molar-refractivity contribution in [3.63, 3.8) is 0 Å². The van der Waals surface area contributed by atoms with Crippen LogP contribution in [0.5, 0.6) is 0 Å². The number of amides is 2. The van der Waals surface area contributed by atoms with Crippen LogP contribution < -0.4 is 5.32 Å². The van der Waals surface area contributed by atoms with Crippen molar-refractivity contribution < 1.29 is 14.0 Å². The monoisotopic (exact) mass is 485 g/mol. The lowest BCUT2D eigenvalue weighted by molar-refractivity contribution is -0.137. The molecule has 2 amide bonds. The maximum atomic E-state index is 13.8. The van der Waals surface area contributed by atoms with Crippen molar-refractivity contribution in [2.24, 2.45) is 0 Å². The van der Waals surface area contributed by atoms with Gasteiger partial charge in [0.2, 0.25) is 11.8 Å². The van der Waals surface area contributed by atoms with E-state index in [-0.39, 0.29) is 34.1 Å². The van der Waals surface area contributed by atoms with Gasteiger partial charge in [0.15, 0.2) is 0 Å². The molecule has 0 bridgehead atoms. The molecule has 2 atom stereocenters. The maximum absolute atomic E-state index is 13.8. The zero-order chi connectivity index (χ0) is 23.1. The number of rotatable bonds is 4. The van der Waals surface area contributed by atoms with Crippen molar-refractivity contribution in [1.82, 2.24) is 15.1 Å². The molecule has 1 saturated heterocycles. The fourth-order valence-corrected chi connectivity index (χ4v) is 5.71. The van der Waals surface area contributed by atoms with E-state index in [1.54, 1.807) is 6.07 Å². The van der Waals surface area contributed by atoms with Crippen LogP contribution in [0, 0.1) is 5.82 Å². The van der Waals surface area contributed by atoms with Crippen LogP contribution >= 0.6 is 24.2 Å². The average molecular weight is 486 g/mol. The van der Waals surface area contributed by atoms with Crippen molar-refractivity contribution in [1.29, 1.82) is 0 Å². The van der Waals surface area contributed by atoms with Crippen LogP contribution in [0.4, 0.5) is 4.39 Å². The maximum Gasteiger partial charge on any atom is 0.243 e. The standard InChI is InChI=1S/C25H25ClFN3O2S/c26-23-18(2-1-3-20(23)27)16-8-10-29(11-9-16)13-15-4-5-17-14-30(25(33)19(17)12-15)21-6-7-22(31)28-24(21)32/h1-5,8,12,21,25,33H,6-7,9-11,13-14H2,(H,28,31,32). The predicted molar refractivity (Wildman–Crippen MR) is 129 cm³/mol. The SMILES string of the molecule is O=C1CCC(N2Cc3ccc(CN4CC=C(c5cccc(F)c5Cl)CC4)cc3C2S)C(=O)N1. The molecule has 2 unspecified atom stereocenters. The number of benzene rings is 2. The number of hydrogen-bond acceptors (Lipinski definition) is 5. The number of nitrogens with one attached hydrogen (secondary N) is 1. The Hall–Kier alpha value is -2.19. The van der Waals surface area contributed by atoms with Gasteiger partial charge in [-0.05, 0) is 46.7 Å². The van der Waals surface area contributed by atoms with Crippen molar-refractivity contribution >= 4 is 41.6 Å².